The van der Waals surface area contributed by atoms with Crippen molar-refractivity contribution in [3.05, 3.63) is 59.9 Å². The fourth-order valence-electron chi connectivity index (χ4n) is 2.60. The maximum Gasteiger partial charge on any atom is 0.271 e. The molecule has 0 radical (unpaired) electrons. The predicted octanol–water partition coefficient (Wildman–Crippen LogP) is 3.36. The Kier molecular flexibility index (Phi) is 3.85. The number of carbonyl (C=O) groups excluding carboxylic acids is 1. The second-order valence-corrected chi connectivity index (χ2v) is 5.65. The second-order valence-electron chi connectivity index (χ2n) is 5.65. The average Bonchev–Trinajstić information content (AvgIpc) is 3.09. The molecular weight excluding hydrogens is 320 g/mol. The number of nitrogens with one attached hydrogen (secondary N) is 1. The Hall–Kier alpha value is -3.28. The molecule has 1 amide bonds. The molecule has 0 aliphatic carbocycles. The minimum atomic E-state index is -0.326. The van der Waals surface area contributed by atoms with Crippen LogP contribution in [0.4, 0.5) is 0 Å². The molecule has 0 saturated heterocycles. The zero-order valence-corrected chi connectivity index (χ0v) is 13.6. The fraction of sp³-hybridized carbons (Fsp3) is 0.158. The molecule has 1 aliphatic rings. The Morgan fingerprint density at radius 3 is 2.68 bits per heavy atom. The van der Waals surface area contributed by atoms with Crippen molar-refractivity contribution in [3.8, 4) is 11.5 Å². The van der Waals surface area contributed by atoms with Gasteiger partial charge in [0.2, 0.25) is 0 Å². The van der Waals surface area contributed by atoms with Crippen molar-refractivity contribution in [1.82, 2.24) is 5.43 Å². The standard InChI is InChI=1S/C19H16N2O4/c1-12(17-10-13-4-2-3-5-15(13)25-17)20-21-19(22)14-6-7-16-18(11-14)24-9-8-23-16/h2-7,10-11H,8-9H2,1H3,(H,21,22). The predicted molar refractivity (Wildman–Crippen MR) is 93.3 cm³/mol. The molecule has 6 nitrogen and oxygen atoms in total. The number of rotatable bonds is 3. The minimum absolute atomic E-state index is 0.326. The van der Waals surface area contributed by atoms with Crippen molar-refractivity contribution >= 4 is 22.6 Å². The summed E-state index contributed by atoms with van der Waals surface area (Å²) < 4.78 is 16.7. The normalized spacial score (nSPS) is 13.7. The number of amides is 1. The number of benzene rings is 2. The molecule has 25 heavy (non-hydrogen) atoms. The van der Waals surface area contributed by atoms with E-state index in [0.717, 1.165) is 11.0 Å². The van der Waals surface area contributed by atoms with Crippen LogP contribution in [0.25, 0.3) is 11.0 Å². The summed E-state index contributed by atoms with van der Waals surface area (Å²) in [5, 5.41) is 5.12. The zero-order valence-electron chi connectivity index (χ0n) is 13.6. The van der Waals surface area contributed by atoms with E-state index in [2.05, 4.69) is 10.5 Å². The molecular formula is C19H16N2O4. The highest BCUT2D eigenvalue weighted by Crippen LogP contribution is 2.30. The van der Waals surface area contributed by atoms with Gasteiger partial charge in [-0.2, -0.15) is 5.10 Å². The molecule has 4 rings (SSSR count). The molecule has 126 valence electrons. The number of para-hydroxylation sites is 1. The number of nitrogens with zero attached hydrogens (tertiary/aromatic N) is 1. The molecule has 1 N–H and O–H groups in total. The van der Waals surface area contributed by atoms with Crippen LogP contribution in [0, 0.1) is 0 Å². The van der Waals surface area contributed by atoms with Crippen molar-refractivity contribution in [3.63, 3.8) is 0 Å². The van der Waals surface area contributed by atoms with Gasteiger partial charge in [-0.15, -0.1) is 0 Å². The monoisotopic (exact) mass is 336 g/mol. The van der Waals surface area contributed by atoms with Crippen molar-refractivity contribution in [2.75, 3.05) is 13.2 Å². The van der Waals surface area contributed by atoms with E-state index < -0.39 is 0 Å². The van der Waals surface area contributed by atoms with Gasteiger partial charge in [0, 0.05) is 10.9 Å². The van der Waals surface area contributed by atoms with E-state index >= 15 is 0 Å². The van der Waals surface area contributed by atoms with Crippen LogP contribution in [0.5, 0.6) is 11.5 Å². The third kappa shape index (κ3) is 3.06. The van der Waals surface area contributed by atoms with Gasteiger partial charge >= 0.3 is 0 Å². The molecule has 2 heterocycles. The van der Waals surface area contributed by atoms with Crippen molar-refractivity contribution < 1.29 is 18.7 Å². The molecule has 6 heteroatoms. The van der Waals surface area contributed by atoms with E-state index in [1.807, 2.05) is 30.3 Å². The van der Waals surface area contributed by atoms with Gasteiger partial charge in [0.25, 0.3) is 5.91 Å². The van der Waals surface area contributed by atoms with Gasteiger partial charge in [-0.25, -0.2) is 5.43 Å². The van der Waals surface area contributed by atoms with Crippen LogP contribution >= 0.6 is 0 Å². The van der Waals surface area contributed by atoms with Gasteiger partial charge in [-0.3, -0.25) is 4.79 Å². The molecule has 0 saturated carbocycles. The molecule has 1 aromatic heterocycles. The molecule has 2 aromatic carbocycles. The van der Waals surface area contributed by atoms with Crippen molar-refractivity contribution in [1.29, 1.82) is 0 Å². The van der Waals surface area contributed by atoms with Gasteiger partial charge in [0.1, 0.15) is 24.5 Å². The Morgan fingerprint density at radius 2 is 1.84 bits per heavy atom. The summed E-state index contributed by atoms with van der Waals surface area (Å²) in [5.74, 6) is 1.50. The summed E-state index contributed by atoms with van der Waals surface area (Å²) >= 11 is 0. The van der Waals surface area contributed by atoms with Crippen LogP contribution in [0.2, 0.25) is 0 Å². The highest BCUT2D eigenvalue weighted by molar-refractivity contribution is 6.01. The van der Waals surface area contributed by atoms with Crippen LogP contribution in [0.3, 0.4) is 0 Å². The highest BCUT2D eigenvalue weighted by atomic mass is 16.6. The van der Waals surface area contributed by atoms with E-state index in [1.165, 1.54) is 0 Å². The van der Waals surface area contributed by atoms with Crippen LogP contribution in [-0.2, 0) is 0 Å². The van der Waals surface area contributed by atoms with Crippen LogP contribution in [0.15, 0.2) is 58.0 Å². The summed E-state index contributed by atoms with van der Waals surface area (Å²) in [5.41, 5.74) is 4.36. The molecule has 0 bridgehead atoms. The summed E-state index contributed by atoms with van der Waals surface area (Å²) in [4.78, 5) is 12.3. The Labute approximate surface area is 144 Å². The Morgan fingerprint density at radius 1 is 1.04 bits per heavy atom. The number of fused-ring (bicyclic) bond motifs is 2. The molecule has 0 unspecified atom stereocenters. The molecule has 1 aliphatic heterocycles. The molecule has 3 aromatic rings. The largest absolute Gasteiger partial charge is 0.486 e. The first kappa shape index (κ1) is 15.3. The Bertz CT molecular complexity index is 941. The van der Waals surface area contributed by atoms with E-state index in [1.54, 1.807) is 25.1 Å². The van der Waals surface area contributed by atoms with E-state index in [9.17, 15) is 4.79 Å². The number of carbonyl (C=O) groups is 1. The fourth-order valence-corrected chi connectivity index (χ4v) is 2.60. The number of hydrogen-bond acceptors (Lipinski definition) is 5. The lowest BCUT2D eigenvalue weighted by atomic mass is 10.2. The first-order chi connectivity index (χ1) is 12.2. The van der Waals surface area contributed by atoms with Crippen LogP contribution in [0.1, 0.15) is 23.0 Å². The summed E-state index contributed by atoms with van der Waals surface area (Å²) in [6, 6.07) is 14.6. The summed E-state index contributed by atoms with van der Waals surface area (Å²) in [7, 11) is 0. The first-order valence-electron chi connectivity index (χ1n) is 7.94. The van der Waals surface area contributed by atoms with Crippen LogP contribution in [-0.4, -0.2) is 24.8 Å². The lowest BCUT2D eigenvalue weighted by Gasteiger charge is -2.18. The van der Waals surface area contributed by atoms with Gasteiger partial charge in [-0.05, 0) is 37.3 Å². The summed E-state index contributed by atoms with van der Waals surface area (Å²) in [6.07, 6.45) is 0. The van der Waals surface area contributed by atoms with Gasteiger partial charge in [0.15, 0.2) is 17.3 Å². The lowest BCUT2D eigenvalue weighted by molar-refractivity contribution is 0.0953. The smallest absolute Gasteiger partial charge is 0.271 e. The SMILES string of the molecule is CC(=NNC(=O)c1ccc2c(c1)OCCO2)c1cc2ccccc2o1. The zero-order chi connectivity index (χ0) is 17.2. The van der Waals surface area contributed by atoms with Crippen molar-refractivity contribution in [2.45, 2.75) is 6.92 Å². The second kappa shape index (κ2) is 6.32. The van der Waals surface area contributed by atoms with Crippen LogP contribution < -0.4 is 14.9 Å². The van der Waals surface area contributed by atoms with Gasteiger partial charge < -0.3 is 13.9 Å². The van der Waals surface area contributed by atoms with Crippen molar-refractivity contribution in [2.24, 2.45) is 5.10 Å². The number of hydrazone groups is 1. The maximum absolute atomic E-state index is 12.3. The third-order valence-corrected chi connectivity index (χ3v) is 3.91. The topological polar surface area (TPSA) is 73.1 Å². The third-order valence-electron chi connectivity index (χ3n) is 3.91. The maximum atomic E-state index is 12.3. The molecule has 0 atom stereocenters. The van der Waals surface area contributed by atoms with E-state index in [4.69, 9.17) is 13.9 Å². The lowest BCUT2D eigenvalue weighted by Crippen LogP contribution is -2.20. The number of ether oxygens (including phenoxy) is 2. The highest BCUT2D eigenvalue weighted by Gasteiger charge is 2.15. The quantitative estimate of drug-likeness (QED) is 0.588. The number of hydrogen-bond donors (Lipinski definition) is 1. The van der Waals surface area contributed by atoms with E-state index in [-0.39, 0.29) is 5.91 Å². The molecule has 0 fully saturated rings. The summed E-state index contributed by atoms with van der Waals surface area (Å²) in [6.45, 7) is 2.77. The van der Waals surface area contributed by atoms with Gasteiger partial charge in [0.05, 0.1) is 0 Å². The minimum Gasteiger partial charge on any atom is -0.486 e. The average molecular weight is 336 g/mol. The molecule has 0 spiro atoms. The first-order valence-corrected chi connectivity index (χ1v) is 7.94. The van der Waals surface area contributed by atoms with E-state index in [0.29, 0.717) is 41.7 Å². The number of furan rings is 1. The Balaban J connectivity index is 1.51. The van der Waals surface area contributed by atoms with Gasteiger partial charge in [-0.1, -0.05) is 18.2 Å².